The first-order valence-corrected chi connectivity index (χ1v) is 15.0. The van der Waals surface area contributed by atoms with Crippen LogP contribution in [0.4, 0.5) is 0 Å². The van der Waals surface area contributed by atoms with Gasteiger partial charge >= 0.3 is 0 Å². The molecular formula is C25H32N2O5S2. The fraction of sp³-hybridized carbons (Fsp3) is 0.480. The topological polar surface area (TPSA) is 91.8 Å². The summed E-state index contributed by atoms with van der Waals surface area (Å²) in [5.41, 5.74) is 2.23. The van der Waals surface area contributed by atoms with Gasteiger partial charge in [0.1, 0.15) is 5.25 Å². The van der Waals surface area contributed by atoms with Gasteiger partial charge in [-0.25, -0.2) is 21.1 Å². The SMILES string of the molecule is C[C@H]1CCC(c2ccccc2)S(=O)(=O)N1Cc1ccc(C(=O)C[C@@H]2CCN(S(C)(=O)=O)C2)cc1. The molecule has 2 aliphatic heterocycles. The highest BCUT2D eigenvalue weighted by atomic mass is 32.2. The largest absolute Gasteiger partial charge is 0.294 e. The van der Waals surface area contributed by atoms with E-state index in [1.165, 1.54) is 10.6 Å². The van der Waals surface area contributed by atoms with Gasteiger partial charge in [0.15, 0.2) is 5.78 Å². The predicted molar refractivity (Wildman–Crippen MR) is 132 cm³/mol. The van der Waals surface area contributed by atoms with Gasteiger partial charge in [-0.3, -0.25) is 4.79 Å². The monoisotopic (exact) mass is 504 g/mol. The summed E-state index contributed by atoms with van der Waals surface area (Å²) in [5, 5.41) is -0.538. The van der Waals surface area contributed by atoms with Crippen LogP contribution in [0.1, 0.15) is 59.3 Å². The van der Waals surface area contributed by atoms with Crippen molar-refractivity contribution in [1.29, 1.82) is 0 Å². The molecule has 2 aliphatic rings. The van der Waals surface area contributed by atoms with E-state index in [1.54, 1.807) is 16.4 Å². The Morgan fingerprint density at radius 3 is 2.29 bits per heavy atom. The first kappa shape index (κ1) is 25.0. The molecule has 184 valence electrons. The van der Waals surface area contributed by atoms with Crippen molar-refractivity contribution in [3.05, 3.63) is 71.3 Å². The number of Topliss-reactive ketones (excluding diaryl/α,β-unsaturated/α-hetero) is 1. The predicted octanol–water partition coefficient (Wildman–Crippen LogP) is 3.60. The van der Waals surface area contributed by atoms with Crippen molar-refractivity contribution in [2.45, 2.75) is 50.4 Å². The number of ketones is 1. The number of sulfonamides is 2. The molecule has 7 nitrogen and oxygen atoms in total. The Balaban J connectivity index is 1.42. The normalized spacial score (nSPS) is 25.9. The Labute approximate surface area is 202 Å². The fourth-order valence-electron chi connectivity index (χ4n) is 4.97. The van der Waals surface area contributed by atoms with Crippen LogP contribution in [0.3, 0.4) is 0 Å². The summed E-state index contributed by atoms with van der Waals surface area (Å²) >= 11 is 0. The minimum atomic E-state index is -3.51. The Bertz CT molecular complexity index is 1230. The molecule has 0 aromatic heterocycles. The third-order valence-corrected chi connectivity index (χ3v) is 10.6. The smallest absolute Gasteiger partial charge is 0.221 e. The fourth-order valence-corrected chi connectivity index (χ4v) is 8.09. The van der Waals surface area contributed by atoms with E-state index >= 15 is 0 Å². The van der Waals surface area contributed by atoms with Crippen LogP contribution in [0.5, 0.6) is 0 Å². The molecule has 1 unspecified atom stereocenters. The summed E-state index contributed by atoms with van der Waals surface area (Å²) in [6.07, 6.45) is 3.59. The summed E-state index contributed by atoms with van der Waals surface area (Å²) in [6.45, 7) is 3.06. The van der Waals surface area contributed by atoms with E-state index in [0.717, 1.165) is 17.5 Å². The molecule has 0 aliphatic carbocycles. The summed E-state index contributed by atoms with van der Waals surface area (Å²) in [5.74, 6) is 0.00571. The first-order chi connectivity index (χ1) is 16.1. The van der Waals surface area contributed by atoms with Gasteiger partial charge in [-0.15, -0.1) is 0 Å². The molecule has 0 radical (unpaired) electrons. The maximum atomic E-state index is 13.4. The number of benzene rings is 2. The van der Waals surface area contributed by atoms with E-state index in [-0.39, 0.29) is 24.3 Å². The summed E-state index contributed by atoms with van der Waals surface area (Å²) in [6, 6.07) is 16.4. The number of rotatable bonds is 7. The highest BCUT2D eigenvalue weighted by Crippen LogP contribution is 2.38. The molecule has 3 atom stereocenters. The number of nitrogens with zero attached hydrogens (tertiary/aromatic N) is 2. The molecule has 0 bridgehead atoms. The zero-order valence-electron chi connectivity index (χ0n) is 19.6. The number of hydrogen-bond donors (Lipinski definition) is 0. The van der Waals surface area contributed by atoms with Crippen LogP contribution in [-0.2, 0) is 26.6 Å². The standard InChI is InChI=1S/C25H32N2O5S2/c1-19-8-13-25(23-6-4-3-5-7-23)34(31,32)27(19)18-20-9-11-22(12-10-20)24(28)16-21-14-15-26(17-21)33(2,29)30/h3-7,9-12,19,21,25H,8,13-18H2,1-2H3/t19-,21-,25?/m0/s1. The molecule has 2 fully saturated rings. The minimum absolute atomic E-state index is 0.0185. The van der Waals surface area contributed by atoms with E-state index < -0.39 is 25.3 Å². The van der Waals surface area contributed by atoms with E-state index in [9.17, 15) is 21.6 Å². The van der Waals surface area contributed by atoms with E-state index in [2.05, 4.69) is 0 Å². The lowest BCUT2D eigenvalue weighted by Crippen LogP contribution is -2.44. The van der Waals surface area contributed by atoms with Crippen molar-refractivity contribution in [3.63, 3.8) is 0 Å². The van der Waals surface area contributed by atoms with Gasteiger partial charge in [0.2, 0.25) is 20.0 Å². The second-order valence-electron chi connectivity index (χ2n) is 9.52. The highest BCUT2D eigenvalue weighted by Gasteiger charge is 2.40. The average Bonchev–Trinajstić information content (AvgIpc) is 3.26. The summed E-state index contributed by atoms with van der Waals surface area (Å²) < 4.78 is 53.3. The maximum Gasteiger partial charge on any atom is 0.221 e. The molecule has 0 saturated carbocycles. The quantitative estimate of drug-likeness (QED) is 0.538. The molecule has 2 heterocycles. The Hall–Kier alpha value is -2.07. The lowest BCUT2D eigenvalue weighted by atomic mass is 9.97. The van der Waals surface area contributed by atoms with Gasteiger partial charge in [0.05, 0.1) is 6.26 Å². The Morgan fingerprint density at radius 1 is 1.00 bits per heavy atom. The van der Waals surface area contributed by atoms with Gasteiger partial charge < -0.3 is 0 Å². The zero-order valence-corrected chi connectivity index (χ0v) is 21.3. The van der Waals surface area contributed by atoms with Crippen molar-refractivity contribution < 1.29 is 21.6 Å². The van der Waals surface area contributed by atoms with Crippen LogP contribution in [0, 0.1) is 5.92 Å². The first-order valence-electron chi connectivity index (χ1n) is 11.7. The van der Waals surface area contributed by atoms with E-state index in [1.807, 2.05) is 49.4 Å². The highest BCUT2D eigenvalue weighted by molar-refractivity contribution is 7.89. The van der Waals surface area contributed by atoms with Crippen molar-refractivity contribution in [2.24, 2.45) is 5.92 Å². The van der Waals surface area contributed by atoms with Crippen molar-refractivity contribution in [1.82, 2.24) is 8.61 Å². The Kier molecular flexibility index (Phi) is 7.28. The molecular weight excluding hydrogens is 472 g/mol. The lowest BCUT2D eigenvalue weighted by molar-refractivity contribution is 0.0963. The van der Waals surface area contributed by atoms with Crippen molar-refractivity contribution in [3.8, 4) is 0 Å². The zero-order chi connectivity index (χ0) is 24.5. The third-order valence-electron chi connectivity index (χ3n) is 7.00. The van der Waals surface area contributed by atoms with Crippen LogP contribution in [-0.4, -0.2) is 56.6 Å². The molecule has 2 aromatic carbocycles. The van der Waals surface area contributed by atoms with Crippen LogP contribution in [0.25, 0.3) is 0 Å². The molecule has 0 N–H and O–H groups in total. The van der Waals surface area contributed by atoms with Gasteiger partial charge in [-0.2, -0.15) is 4.31 Å². The molecule has 0 spiro atoms. The van der Waals surface area contributed by atoms with Crippen LogP contribution in [0.2, 0.25) is 0 Å². The average molecular weight is 505 g/mol. The summed E-state index contributed by atoms with van der Waals surface area (Å²) in [4.78, 5) is 12.7. The summed E-state index contributed by atoms with van der Waals surface area (Å²) in [7, 11) is -6.73. The molecule has 2 saturated heterocycles. The van der Waals surface area contributed by atoms with E-state index in [4.69, 9.17) is 0 Å². The van der Waals surface area contributed by atoms with Crippen molar-refractivity contribution in [2.75, 3.05) is 19.3 Å². The molecule has 4 rings (SSSR count). The van der Waals surface area contributed by atoms with Crippen LogP contribution in [0.15, 0.2) is 54.6 Å². The number of carbonyl (C=O) groups is 1. The molecule has 34 heavy (non-hydrogen) atoms. The minimum Gasteiger partial charge on any atom is -0.294 e. The van der Waals surface area contributed by atoms with Gasteiger partial charge in [0, 0.05) is 37.7 Å². The van der Waals surface area contributed by atoms with Gasteiger partial charge in [-0.1, -0.05) is 54.6 Å². The lowest BCUT2D eigenvalue weighted by Gasteiger charge is -2.37. The second kappa shape index (κ2) is 9.89. The number of carbonyl (C=O) groups excluding carboxylic acids is 1. The van der Waals surface area contributed by atoms with Crippen molar-refractivity contribution >= 4 is 25.8 Å². The van der Waals surface area contributed by atoms with Gasteiger partial charge in [0.25, 0.3) is 0 Å². The van der Waals surface area contributed by atoms with E-state index in [0.29, 0.717) is 37.9 Å². The van der Waals surface area contributed by atoms with Gasteiger partial charge in [-0.05, 0) is 43.2 Å². The Morgan fingerprint density at radius 2 is 1.68 bits per heavy atom. The number of hydrogen-bond acceptors (Lipinski definition) is 5. The van der Waals surface area contributed by atoms with Crippen LogP contribution < -0.4 is 0 Å². The molecule has 9 heteroatoms. The third kappa shape index (κ3) is 5.43. The maximum absolute atomic E-state index is 13.4. The van der Waals surface area contributed by atoms with Crippen LogP contribution >= 0.6 is 0 Å². The molecule has 0 amide bonds. The second-order valence-corrected chi connectivity index (χ2v) is 13.6. The molecule has 2 aromatic rings.